The molecule has 1 rings (SSSR count). The van der Waals surface area contributed by atoms with Gasteiger partial charge in [0.25, 0.3) is 5.91 Å². The van der Waals surface area contributed by atoms with Crippen LogP contribution in [0.5, 0.6) is 0 Å². The van der Waals surface area contributed by atoms with Gasteiger partial charge in [0.2, 0.25) is 0 Å². The van der Waals surface area contributed by atoms with Gasteiger partial charge in [-0.25, -0.2) is 0 Å². The second-order valence-corrected chi connectivity index (χ2v) is 4.04. The van der Waals surface area contributed by atoms with Gasteiger partial charge in [-0.15, -0.1) is 0 Å². The largest absolute Gasteiger partial charge is 0.481 e. The summed E-state index contributed by atoms with van der Waals surface area (Å²) in [6.07, 6.45) is -0.652. The lowest BCUT2D eigenvalue weighted by atomic mass is 10.1. The van der Waals surface area contributed by atoms with E-state index in [1.54, 1.807) is 18.2 Å². The number of aliphatic carboxylic acids is 1. The third-order valence-corrected chi connectivity index (χ3v) is 2.51. The standard InChI is InChI=1S/C13H17NO4/c1-9-4-3-5-10(6-9)13(17)14-8-11(18-2)7-12(15)16/h3-6,11H,7-8H2,1-2H3,(H,14,17)(H,15,16). The molecule has 5 nitrogen and oxygen atoms in total. The van der Waals surface area contributed by atoms with Crippen LogP contribution in [0, 0.1) is 6.92 Å². The van der Waals surface area contributed by atoms with Crippen LogP contribution in [0.2, 0.25) is 0 Å². The van der Waals surface area contributed by atoms with Gasteiger partial charge in [0.1, 0.15) is 0 Å². The van der Waals surface area contributed by atoms with Crippen molar-refractivity contribution in [3.05, 3.63) is 35.4 Å². The minimum Gasteiger partial charge on any atom is -0.481 e. The van der Waals surface area contributed by atoms with Gasteiger partial charge in [-0.05, 0) is 19.1 Å². The Balaban J connectivity index is 2.52. The average Bonchev–Trinajstić information content (AvgIpc) is 2.33. The fraction of sp³-hybridized carbons (Fsp3) is 0.385. The van der Waals surface area contributed by atoms with Crippen molar-refractivity contribution in [3.63, 3.8) is 0 Å². The molecular weight excluding hydrogens is 234 g/mol. The summed E-state index contributed by atoms with van der Waals surface area (Å²) in [7, 11) is 1.42. The van der Waals surface area contributed by atoms with Crippen molar-refractivity contribution < 1.29 is 19.4 Å². The molecule has 98 valence electrons. The molecule has 1 aromatic rings. The van der Waals surface area contributed by atoms with Crippen molar-refractivity contribution in [1.82, 2.24) is 5.32 Å². The molecule has 0 aliphatic carbocycles. The molecule has 1 amide bonds. The number of nitrogens with one attached hydrogen (secondary N) is 1. The second-order valence-electron chi connectivity index (χ2n) is 4.04. The molecule has 0 heterocycles. The highest BCUT2D eigenvalue weighted by Crippen LogP contribution is 2.04. The molecule has 1 aromatic carbocycles. The van der Waals surface area contributed by atoms with Crippen molar-refractivity contribution in [3.8, 4) is 0 Å². The Hall–Kier alpha value is -1.88. The maximum Gasteiger partial charge on any atom is 0.306 e. The number of carbonyl (C=O) groups excluding carboxylic acids is 1. The zero-order valence-electron chi connectivity index (χ0n) is 10.5. The highest BCUT2D eigenvalue weighted by Gasteiger charge is 2.14. The van der Waals surface area contributed by atoms with E-state index in [2.05, 4.69) is 5.32 Å². The van der Waals surface area contributed by atoms with Crippen LogP contribution in [-0.4, -0.2) is 36.7 Å². The minimum absolute atomic E-state index is 0.134. The fourth-order valence-corrected chi connectivity index (χ4v) is 1.53. The van der Waals surface area contributed by atoms with Gasteiger partial charge < -0.3 is 15.2 Å². The Kier molecular flexibility index (Phi) is 5.32. The lowest BCUT2D eigenvalue weighted by Gasteiger charge is -2.14. The molecule has 18 heavy (non-hydrogen) atoms. The Labute approximate surface area is 106 Å². The smallest absolute Gasteiger partial charge is 0.306 e. The SMILES string of the molecule is COC(CNC(=O)c1cccc(C)c1)CC(=O)O. The molecule has 5 heteroatoms. The Morgan fingerprint density at radius 3 is 2.72 bits per heavy atom. The number of carboxylic acid groups (broad SMARTS) is 1. The molecular formula is C13H17NO4. The molecule has 0 saturated heterocycles. The number of aryl methyl sites for hydroxylation is 1. The van der Waals surface area contributed by atoms with Crippen LogP contribution in [0.15, 0.2) is 24.3 Å². The summed E-state index contributed by atoms with van der Waals surface area (Å²) in [5.74, 6) is -1.18. The summed E-state index contributed by atoms with van der Waals surface area (Å²) in [5.41, 5.74) is 1.55. The van der Waals surface area contributed by atoms with Gasteiger partial charge in [0.15, 0.2) is 0 Å². The Morgan fingerprint density at radius 2 is 2.17 bits per heavy atom. The van der Waals surface area contributed by atoms with Gasteiger partial charge in [-0.1, -0.05) is 17.7 Å². The maximum absolute atomic E-state index is 11.8. The summed E-state index contributed by atoms with van der Waals surface area (Å²) >= 11 is 0. The highest BCUT2D eigenvalue weighted by atomic mass is 16.5. The number of amides is 1. The summed E-state index contributed by atoms with van der Waals surface area (Å²) in [6.45, 7) is 2.08. The van der Waals surface area contributed by atoms with Crippen LogP contribution in [0.4, 0.5) is 0 Å². The Bertz CT molecular complexity index is 431. The molecule has 0 aromatic heterocycles. The van der Waals surface area contributed by atoms with E-state index in [0.717, 1.165) is 5.56 Å². The van der Waals surface area contributed by atoms with Crippen LogP contribution in [0.25, 0.3) is 0 Å². The normalized spacial score (nSPS) is 11.9. The number of carboxylic acids is 1. The summed E-state index contributed by atoms with van der Waals surface area (Å²) in [5, 5.41) is 11.3. The first-order valence-electron chi connectivity index (χ1n) is 5.62. The number of hydrogen-bond donors (Lipinski definition) is 2. The van der Waals surface area contributed by atoms with Crippen LogP contribution in [0.3, 0.4) is 0 Å². The van der Waals surface area contributed by atoms with E-state index in [4.69, 9.17) is 9.84 Å². The van der Waals surface area contributed by atoms with Crippen molar-refractivity contribution in [2.24, 2.45) is 0 Å². The predicted octanol–water partition coefficient (Wildman–Crippen LogP) is 1.21. The van der Waals surface area contributed by atoms with Gasteiger partial charge in [0.05, 0.1) is 12.5 Å². The van der Waals surface area contributed by atoms with Crippen LogP contribution in [0.1, 0.15) is 22.3 Å². The maximum atomic E-state index is 11.8. The lowest BCUT2D eigenvalue weighted by molar-refractivity contribution is -0.139. The molecule has 0 radical (unpaired) electrons. The van der Waals surface area contributed by atoms with E-state index >= 15 is 0 Å². The fourth-order valence-electron chi connectivity index (χ4n) is 1.53. The molecule has 0 aliphatic heterocycles. The van der Waals surface area contributed by atoms with E-state index in [9.17, 15) is 9.59 Å². The summed E-state index contributed by atoms with van der Waals surface area (Å²) in [4.78, 5) is 22.3. The van der Waals surface area contributed by atoms with Gasteiger partial charge in [-0.2, -0.15) is 0 Å². The number of carbonyl (C=O) groups is 2. The quantitative estimate of drug-likeness (QED) is 0.797. The minimum atomic E-state index is -0.952. The van der Waals surface area contributed by atoms with E-state index in [0.29, 0.717) is 5.56 Å². The van der Waals surface area contributed by atoms with Gasteiger partial charge in [-0.3, -0.25) is 9.59 Å². The van der Waals surface area contributed by atoms with Crippen molar-refractivity contribution in [1.29, 1.82) is 0 Å². The second kappa shape index (κ2) is 6.76. The molecule has 0 aliphatic rings. The molecule has 2 N–H and O–H groups in total. The molecule has 0 spiro atoms. The highest BCUT2D eigenvalue weighted by molar-refractivity contribution is 5.94. The molecule has 0 bridgehead atoms. The summed E-state index contributed by atoms with van der Waals surface area (Å²) < 4.78 is 4.98. The van der Waals surface area contributed by atoms with E-state index < -0.39 is 12.1 Å². The Morgan fingerprint density at radius 1 is 1.44 bits per heavy atom. The first kappa shape index (κ1) is 14.2. The molecule has 0 saturated carbocycles. The monoisotopic (exact) mass is 251 g/mol. The van der Waals surface area contributed by atoms with E-state index in [1.165, 1.54) is 7.11 Å². The molecule has 0 fully saturated rings. The number of hydrogen-bond acceptors (Lipinski definition) is 3. The first-order valence-corrected chi connectivity index (χ1v) is 5.62. The van der Waals surface area contributed by atoms with Gasteiger partial charge in [0, 0.05) is 19.2 Å². The third kappa shape index (κ3) is 4.55. The average molecular weight is 251 g/mol. The van der Waals surface area contributed by atoms with Gasteiger partial charge >= 0.3 is 5.97 Å². The van der Waals surface area contributed by atoms with Crippen LogP contribution in [-0.2, 0) is 9.53 Å². The number of benzene rings is 1. The number of ether oxygens (including phenoxy) is 1. The van der Waals surface area contributed by atoms with Crippen LogP contribution < -0.4 is 5.32 Å². The predicted molar refractivity (Wildman–Crippen MR) is 66.6 cm³/mol. The zero-order chi connectivity index (χ0) is 13.5. The van der Waals surface area contributed by atoms with Crippen molar-refractivity contribution >= 4 is 11.9 Å². The number of rotatable bonds is 6. The zero-order valence-corrected chi connectivity index (χ0v) is 10.5. The van der Waals surface area contributed by atoms with Crippen molar-refractivity contribution in [2.45, 2.75) is 19.4 Å². The third-order valence-electron chi connectivity index (χ3n) is 2.51. The molecule has 1 atom stereocenters. The molecule has 1 unspecified atom stereocenters. The van der Waals surface area contributed by atoms with E-state index in [1.807, 2.05) is 13.0 Å². The summed E-state index contributed by atoms with van der Waals surface area (Å²) in [6, 6.07) is 7.18. The topological polar surface area (TPSA) is 75.6 Å². The van der Waals surface area contributed by atoms with Crippen molar-refractivity contribution in [2.75, 3.05) is 13.7 Å². The van der Waals surface area contributed by atoms with Crippen LogP contribution >= 0.6 is 0 Å². The first-order chi connectivity index (χ1) is 8.52. The number of methoxy groups -OCH3 is 1. The lowest BCUT2D eigenvalue weighted by Crippen LogP contribution is -2.34. The van der Waals surface area contributed by atoms with E-state index in [-0.39, 0.29) is 18.9 Å².